The third-order valence-corrected chi connectivity index (χ3v) is 6.53. The molecule has 2 N–H and O–H groups in total. The van der Waals surface area contributed by atoms with Gasteiger partial charge in [-0.15, -0.1) is 0 Å². The highest BCUT2D eigenvalue weighted by molar-refractivity contribution is 5.62. The number of aryl methyl sites for hydroxylation is 2. The summed E-state index contributed by atoms with van der Waals surface area (Å²) in [5.74, 6) is 0.284. The molecule has 0 saturated carbocycles. The zero-order valence-corrected chi connectivity index (χ0v) is 18.8. The molecule has 1 aliphatic heterocycles. The fourth-order valence-corrected chi connectivity index (χ4v) is 4.93. The van der Waals surface area contributed by atoms with Crippen LogP contribution in [-0.4, -0.2) is 6.04 Å². The molecule has 2 heteroatoms. The van der Waals surface area contributed by atoms with Crippen molar-refractivity contribution in [1.82, 2.24) is 0 Å². The number of anilines is 2. The van der Waals surface area contributed by atoms with Gasteiger partial charge in [0.05, 0.1) is 6.04 Å². The number of nitrogens with one attached hydrogen (secondary N) is 2. The van der Waals surface area contributed by atoms with E-state index in [1.54, 1.807) is 0 Å². The fraction of sp³-hybridized carbons (Fsp3) is 0.200. The molecule has 4 aromatic carbocycles. The first-order valence-corrected chi connectivity index (χ1v) is 11.5. The highest BCUT2D eigenvalue weighted by Gasteiger charge is 2.37. The maximum Gasteiger partial charge on any atom is 0.0622 e. The van der Waals surface area contributed by atoms with Crippen molar-refractivity contribution in [1.29, 1.82) is 0 Å². The average Bonchev–Trinajstić information content (AvgIpc) is 2.82. The van der Waals surface area contributed by atoms with Gasteiger partial charge in [0, 0.05) is 23.3 Å². The van der Waals surface area contributed by atoms with Crippen molar-refractivity contribution in [2.24, 2.45) is 0 Å². The van der Waals surface area contributed by atoms with E-state index in [0.717, 1.165) is 12.1 Å². The lowest BCUT2D eigenvalue weighted by molar-refractivity contribution is 0.479. The van der Waals surface area contributed by atoms with Crippen LogP contribution in [0.15, 0.2) is 103 Å². The van der Waals surface area contributed by atoms with Crippen molar-refractivity contribution in [2.75, 3.05) is 10.6 Å². The zero-order valence-electron chi connectivity index (χ0n) is 18.8. The number of hydrogen-bond acceptors (Lipinski definition) is 2. The lowest BCUT2D eigenvalue weighted by Gasteiger charge is -2.42. The molecule has 32 heavy (non-hydrogen) atoms. The molecule has 0 unspecified atom stereocenters. The van der Waals surface area contributed by atoms with Crippen LogP contribution in [0.1, 0.15) is 39.8 Å². The predicted molar refractivity (Wildman–Crippen MR) is 135 cm³/mol. The minimum absolute atomic E-state index is 0.171. The minimum Gasteiger partial charge on any atom is -0.381 e. The maximum absolute atomic E-state index is 3.92. The Morgan fingerprint density at radius 3 is 2.09 bits per heavy atom. The van der Waals surface area contributed by atoms with Gasteiger partial charge in [-0.05, 0) is 55.2 Å². The minimum atomic E-state index is 0.171. The van der Waals surface area contributed by atoms with Gasteiger partial charge in [-0.1, -0.05) is 96.1 Å². The van der Waals surface area contributed by atoms with Crippen molar-refractivity contribution < 1.29 is 0 Å². The van der Waals surface area contributed by atoms with Crippen molar-refractivity contribution >= 4 is 11.4 Å². The fourth-order valence-electron chi connectivity index (χ4n) is 4.93. The Balaban J connectivity index is 1.61. The molecule has 0 aliphatic carbocycles. The Hall–Kier alpha value is -3.52. The van der Waals surface area contributed by atoms with Crippen LogP contribution in [0, 0.1) is 13.8 Å². The largest absolute Gasteiger partial charge is 0.381 e. The monoisotopic (exact) mass is 418 g/mol. The lowest BCUT2D eigenvalue weighted by atomic mass is 9.75. The smallest absolute Gasteiger partial charge is 0.0622 e. The van der Waals surface area contributed by atoms with Crippen LogP contribution in [0.3, 0.4) is 0 Å². The third-order valence-electron chi connectivity index (χ3n) is 6.53. The van der Waals surface area contributed by atoms with Crippen LogP contribution >= 0.6 is 0 Å². The summed E-state index contributed by atoms with van der Waals surface area (Å²) in [6.45, 7) is 4.31. The summed E-state index contributed by atoms with van der Waals surface area (Å²) in [5.41, 5.74) is 9.01. The molecule has 2 nitrogen and oxygen atoms in total. The second-order valence-electron chi connectivity index (χ2n) is 8.96. The van der Waals surface area contributed by atoms with E-state index in [4.69, 9.17) is 0 Å². The first-order valence-electron chi connectivity index (χ1n) is 11.5. The van der Waals surface area contributed by atoms with Gasteiger partial charge in [-0.3, -0.25) is 0 Å². The molecule has 0 spiro atoms. The van der Waals surface area contributed by atoms with Gasteiger partial charge in [-0.25, -0.2) is 0 Å². The standard InChI is InChI=1S/C30H30N2/c1-21-13-16-25(17-14-21)31-30-26-19-22(2)15-18-27(26)32-28(20-23-9-5-3-6-10-23)29(30)24-11-7-4-8-12-24/h3-19,28-32H,20H2,1-2H3/t28-,29+,30-/m1/s1. The summed E-state index contributed by atoms with van der Waals surface area (Å²) >= 11 is 0. The van der Waals surface area contributed by atoms with E-state index in [0.29, 0.717) is 0 Å². The van der Waals surface area contributed by atoms with Gasteiger partial charge in [-0.2, -0.15) is 0 Å². The van der Waals surface area contributed by atoms with E-state index in [1.807, 2.05) is 0 Å². The molecule has 5 rings (SSSR count). The van der Waals surface area contributed by atoms with E-state index >= 15 is 0 Å². The third kappa shape index (κ3) is 4.27. The summed E-state index contributed by atoms with van der Waals surface area (Å²) in [6, 6.07) is 37.8. The first-order chi connectivity index (χ1) is 15.7. The quantitative estimate of drug-likeness (QED) is 0.356. The van der Waals surface area contributed by atoms with E-state index in [2.05, 4.69) is 128 Å². The SMILES string of the molecule is Cc1ccc(N[C@@H]2c3cc(C)ccc3N[C@H](Cc3ccccc3)[C@@H]2c2ccccc2)cc1. The van der Waals surface area contributed by atoms with Gasteiger partial charge >= 0.3 is 0 Å². The molecule has 1 heterocycles. The van der Waals surface area contributed by atoms with Crippen molar-refractivity contribution in [3.63, 3.8) is 0 Å². The van der Waals surface area contributed by atoms with Crippen LogP contribution < -0.4 is 10.6 Å². The van der Waals surface area contributed by atoms with Gasteiger partial charge in [0.15, 0.2) is 0 Å². The van der Waals surface area contributed by atoms with Gasteiger partial charge in [0.1, 0.15) is 0 Å². The van der Waals surface area contributed by atoms with E-state index in [1.165, 1.54) is 33.5 Å². The normalized spacial score (nSPS) is 19.6. The number of fused-ring (bicyclic) bond motifs is 1. The van der Waals surface area contributed by atoms with Crippen LogP contribution in [0.5, 0.6) is 0 Å². The number of hydrogen-bond donors (Lipinski definition) is 2. The van der Waals surface area contributed by atoms with Gasteiger partial charge in [0.2, 0.25) is 0 Å². The van der Waals surface area contributed by atoms with Gasteiger partial charge < -0.3 is 10.6 Å². The lowest BCUT2D eigenvalue weighted by Crippen LogP contribution is -2.40. The summed E-state index contributed by atoms with van der Waals surface area (Å²) in [4.78, 5) is 0. The summed E-state index contributed by atoms with van der Waals surface area (Å²) in [5, 5.41) is 7.82. The van der Waals surface area contributed by atoms with E-state index in [9.17, 15) is 0 Å². The van der Waals surface area contributed by atoms with E-state index < -0.39 is 0 Å². The first kappa shape index (κ1) is 20.4. The van der Waals surface area contributed by atoms with Crippen LogP contribution in [0.4, 0.5) is 11.4 Å². The summed E-state index contributed by atoms with van der Waals surface area (Å²) in [6.07, 6.45) is 0.972. The molecule has 0 saturated heterocycles. The Kier molecular flexibility index (Phi) is 5.68. The Labute approximate surface area is 191 Å². The van der Waals surface area contributed by atoms with Crippen molar-refractivity contribution in [2.45, 2.75) is 38.3 Å². The van der Waals surface area contributed by atoms with Crippen molar-refractivity contribution in [3.8, 4) is 0 Å². The molecule has 0 amide bonds. The molecular formula is C30H30N2. The van der Waals surface area contributed by atoms with Crippen molar-refractivity contribution in [3.05, 3.63) is 131 Å². The Morgan fingerprint density at radius 2 is 1.38 bits per heavy atom. The molecule has 160 valence electrons. The number of benzene rings is 4. The second-order valence-corrected chi connectivity index (χ2v) is 8.96. The van der Waals surface area contributed by atoms with Crippen LogP contribution in [0.2, 0.25) is 0 Å². The molecule has 0 fully saturated rings. The average molecular weight is 419 g/mol. The Bertz CT molecular complexity index is 1170. The molecular weight excluding hydrogens is 388 g/mol. The highest BCUT2D eigenvalue weighted by Crippen LogP contribution is 2.45. The molecule has 3 atom stereocenters. The second kappa shape index (κ2) is 8.92. The number of rotatable bonds is 5. The summed E-state index contributed by atoms with van der Waals surface area (Å²) in [7, 11) is 0. The highest BCUT2D eigenvalue weighted by atomic mass is 15.0. The molecule has 0 aromatic heterocycles. The molecule has 0 bridgehead atoms. The summed E-state index contributed by atoms with van der Waals surface area (Å²) < 4.78 is 0. The van der Waals surface area contributed by atoms with Crippen LogP contribution in [0.25, 0.3) is 0 Å². The van der Waals surface area contributed by atoms with Crippen LogP contribution in [-0.2, 0) is 6.42 Å². The maximum atomic E-state index is 3.92. The zero-order chi connectivity index (χ0) is 21.9. The Morgan fingerprint density at radius 1 is 0.719 bits per heavy atom. The molecule has 4 aromatic rings. The van der Waals surface area contributed by atoms with Gasteiger partial charge in [0.25, 0.3) is 0 Å². The molecule has 1 aliphatic rings. The topological polar surface area (TPSA) is 24.1 Å². The predicted octanol–water partition coefficient (Wildman–Crippen LogP) is 7.28. The molecule has 0 radical (unpaired) electrons. The van der Waals surface area contributed by atoms with E-state index in [-0.39, 0.29) is 18.0 Å².